The Kier molecular flexibility index (Phi) is 3.45. The Morgan fingerprint density at radius 2 is 1.64 bits per heavy atom. The van der Waals surface area contributed by atoms with Gasteiger partial charge >= 0.3 is 6.18 Å². The van der Waals surface area contributed by atoms with Gasteiger partial charge in [0.25, 0.3) is 0 Å². The maximum Gasteiger partial charge on any atom is 0.411 e. The third kappa shape index (κ3) is 3.48. The Morgan fingerprint density at radius 1 is 1.14 bits per heavy atom. The van der Waals surface area contributed by atoms with Gasteiger partial charge in [0, 0.05) is 0 Å². The lowest BCUT2D eigenvalue weighted by atomic mass is 9.89. The van der Waals surface area contributed by atoms with Crippen LogP contribution < -0.4 is 0 Å². The van der Waals surface area contributed by atoms with Crippen molar-refractivity contribution in [2.24, 2.45) is 5.92 Å². The van der Waals surface area contributed by atoms with Crippen molar-refractivity contribution in [1.29, 1.82) is 0 Å². The molecule has 1 aliphatic carbocycles. The lowest BCUT2D eigenvalue weighted by Crippen LogP contribution is -2.36. The third-order valence-corrected chi connectivity index (χ3v) is 2.95. The fourth-order valence-electron chi connectivity index (χ4n) is 2.01. The molecule has 4 heteroatoms. The maximum absolute atomic E-state index is 11.9. The molecule has 84 valence electrons. The quantitative estimate of drug-likeness (QED) is 0.692. The average molecular weight is 210 g/mol. The van der Waals surface area contributed by atoms with E-state index in [9.17, 15) is 13.2 Å². The summed E-state index contributed by atoms with van der Waals surface area (Å²) in [5.41, 5.74) is -0.633. The van der Waals surface area contributed by atoms with Crippen molar-refractivity contribution in [3.05, 3.63) is 0 Å². The van der Waals surface area contributed by atoms with E-state index in [1.165, 1.54) is 0 Å². The molecular weight excluding hydrogens is 193 g/mol. The summed E-state index contributed by atoms with van der Waals surface area (Å²) in [7, 11) is 0. The highest BCUT2D eigenvalue weighted by molar-refractivity contribution is 4.83. The van der Waals surface area contributed by atoms with Gasteiger partial charge in [0.2, 0.25) is 0 Å². The number of rotatable bonds is 3. The third-order valence-electron chi connectivity index (χ3n) is 2.95. The van der Waals surface area contributed by atoms with Gasteiger partial charge in [-0.3, -0.25) is 0 Å². The van der Waals surface area contributed by atoms with Crippen LogP contribution in [0.1, 0.15) is 39.5 Å². The molecule has 1 aliphatic rings. The fraction of sp³-hybridized carbons (Fsp3) is 1.00. The lowest BCUT2D eigenvalue weighted by molar-refractivity contribution is -0.208. The van der Waals surface area contributed by atoms with Crippen LogP contribution in [0.2, 0.25) is 0 Å². The summed E-state index contributed by atoms with van der Waals surface area (Å²) < 4.78 is 40.8. The van der Waals surface area contributed by atoms with Crippen LogP contribution in [0.15, 0.2) is 0 Å². The molecule has 0 saturated heterocycles. The first-order chi connectivity index (χ1) is 6.31. The molecule has 0 atom stereocenters. The van der Waals surface area contributed by atoms with E-state index in [1.54, 1.807) is 13.8 Å². The molecule has 0 spiro atoms. The van der Waals surface area contributed by atoms with Gasteiger partial charge < -0.3 is 4.74 Å². The molecule has 1 rings (SSSR count). The zero-order chi connectivity index (χ0) is 10.8. The monoisotopic (exact) mass is 210 g/mol. The summed E-state index contributed by atoms with van der Waals surface area (Å²) in [5.74, 6) is 0.282. The second kappa shape index (κ2) is 4.09. The van der Waals surface area contributed by atoms with Gasteiger partial charge in [0.15, 0.2) is 0 Å². The van der Waals surface area contributed by atoms with Crippen LogP contribution in [-0.4, -0.2) is 18.4 Å². The molecule has 1 fully saturated rings. The van der Waals surface area contributed by atoms with Gasteiger partial charge in [-0.1, -0.05) is 12.8 Å². The van der Waals surface area contributed by atoms with Gasteiger partial charge in [-0.2, -0.15) is 13.2 Å². The molecule has 0 heterocycles. The minimum absolute atomic E-state index is 0.282. The second-order valence-electron chi connectivity index (χ2n) is 4.49. The van der Waals surface area contributed by atoms with Crippen molar-refractivity contribution in [1.82, 2.24) is 0 Å². The van der Waals surface area contributed by atoms with E-state index in [0.717, 1.165) is 25.7 Å². The Labute approximate surface area is 82.6 Å². The number of halogens is 3. The first-order valence-electron chi connectivity index (χ1n) is 5.02. The van der Waals surface area contributed by atoms with E-state index in [-0.39, 0.29) is 5.92 Å². The Morgan fingerprint density at radius 3 is 2.07 bits per heavy atom. The van der Waals surface area contributed by atoms with Crippen molar-refractivity contribution < 1.29 is 17.9 Å². The molecule has 0 bridgehead atoms. The van der Waals surface area contributed by atoms with Crippen molar-refractivity contribution >= 4 is 0 Å². The highest BCUT2D eigenvalue weighted by atomic mass is 19.4. The SMILES string of the molecule is CC(C)(OCC(F)(F)F)C1CCCC1. The molecule has 14 heavy (non-hydrogen) atoms. The minimum Gasteiger partial charge on any atom is -0.366 e. The smallest absolute Gasteiger partial charge is 0.366 e. The van der Waals surface area contributed by atoms with Crippen molar-refractivity contribution in [2.75, 3.05) is 6.61 Å². The fourth-order valence-corrected chi connectivity index (χ4v) is 2.01. The summed E-state index contributed by atoms with van der Waals surface area (Å²) in [5, 5.41) is 0. The van der Waals surface area contributed by atoms with Crippen LogP contribution in [-0.2, 0) is 4.74 Å². The number of ether oxygens (including phenoxy) is 1. The Hall–Kier alpha value is -0.250. The Balaban J connectivity index is 2.40. The van der Waals surface area contributed by atoms with Crippen LogP contribution in [0.25, 0.3) is 0 Å². The summed E-state index contributed by atoms with van der Waals surface area (Å²) >= 11 is 0. The predicted molar refractivity (Wildman–Crippen MR) is 48.0 cm³/mol. The van der Waals surface area contributed by atoms with Crippen LogP contribution in [0, 0.1) is 5.92 Å². The average Bonchev–Trinajstić information content (AvgIpc) is 2.52. The first-order valence-corrected chi connectivity index (χ1v) is 5.02. The van der Waals surface area contributed by atoms with Gasteiger partial charge in [-0.05, 0) is 32.6 Å². The summed E-state index contributed by atoms with van der Waals surface area (Å²) in [6.45, 7) is 2.39. The van der Waals surface area contributed by atoms with E-state index >= 15 is 0 Å². The predicted octanol–water partition coefficient (Wildman–Crippen LogP) is 3.53. The van der Waals surface area contributed by atoms with Crippen molar-refractivity contribution in [2.45, 2.75) is 51.3 Å². The zero-order valence-corrected chi connectivity index (χ0v) is 8.66. The highest BCUT2D eigenvalue weighted by Crippen LogP contribution is 2.36. The van der Waals surface area contributed by atoms with E-state index in [2.05, 4.69) is 0 Å². The normalized spacial score (nSPS) is 20.4. The van der Waals surface area contributed by atoms with Gasteiger partial charge in [-0.15, -0.1) is 0 Å². The topological polar surface area (TPSA) is 9.23 Å². The van der Waals surface area contributed by atoms with Crippen LogP contribution >= 0.6 is 0 Å². The number of alkyl halides is 3. The van der Waals surface area contributed by atoms with E-state index < -0.39 is 18.4 Å². The minimum atomic E-state index is -4.21. The van der Waals surface area contributed by atoms with E-state index in [1.807, 2.05) is 0 Å². The molecule has 0 aliphatic heterocycles. The molecule has 0 aromatic heterocycles. The van der Waals surface area contributed by atoms with Crippen LogP contribution in [0.3, 0.4) is 0 Å². The second-order valence-corrected chi connectivity index (χ2v) is 4.49. The van der Waals surface area contributed by atoms with Crippen LogP contribution in [0.4, 0.5) is 13.2 Å². The first kappa shape index (κ1) is 11.8. The summed E-state index contributed by atoms with van der Waals surface area (Å²) in [6.07, 6.45) is -0.00145. The molecule has 0 unspecified atom stereocenters. The standard InChI is InChI=1S/C10H17F3O/c1-9(2,8-5-3-4-6-8)14-7-10(11,12)13/h8H,3-7H2,1-2H3. The number of hydrogen-bond donors (Lipinski definition) is 0. The summed E-state index contributed by atoms with van der Waals surface area (Å²) in [6, 6.07) is 0. The Bertz CT molecular complexity index is 180. The lowest BCUT2D eigenvalue weighted by Gasteiger charge is -2.32. The molecule has 0 amide bonds. The van der Waals surface area contributed by atoms with Crippen molar-refractivity contribution in [3.63, 3.8) is 0 Å². The van der Waals surface area contributed by atoms with Gasteiger partial charge in [-0.25, -0.2) is 0 Å². The molecule has 0 aromatic carbocycles. The molecule has 0 aromatic rings. The van der Waals surface area contributed by atoms with E-state index in [0.29, 0.717) is 0 Å². The van der Waals surface area contributed by atoms with E-state index in [4.69, 9.17) is 4.74 Å². The highest BCUT2D eigenvalue weighted by Gasteiger charge is 2.37. The molecule has 1 saturated carbocycles. The molecule has 1 nitrogen and oxygen atoms in total. The largest absolute Gasteiger partial charge is 0.411 e. The maximum atomic E-state index is 11.9. The molecular formula is C10H17F3O. The van der Waals surface area contributed by atoms with Gasteiger partial charge in [0.1, 0.15) is 6.61 Å². The zero-order valence-electron chi connectivity index (χ0n) is 8.66. The van der Waals surface area contributed by atoms with Gasteiger partial charge in [0.05, 0.1) is 5.60 Å². The van der Waals surface area contributed by atoms with Crippen LogP contribution in [0.5, 0.6) is 0 Å². The number of hydrogen-bond acceptors (Lipinski definition) is 1. The molecule has 0 N–H and O–H groups in total. The summed E-state index contributed by atoms with van der Waals surface area (Å²) in [4.78, 5) is 0. The molecule has 0 radical (unpaired) electrons. The van der Waals surface area contributed by atoms with Crippen molar-refractivity contribution in [3.8, 4) is 0 Å².